The van der Waals surface area contributed by atoms with Crippen molar-refractivity contribution >= 4 is 33.9 Å². The van der Waals surface area contributed by atoms with Gasteiger partial charge in [0.1, 0.15) is 17.8 Å². The Morgan fingerprint density at radius 3 is 2.62 bits per heavy atom. The topological polar surface area (TPSA) is 94.8 Å². The molecule has 2 aliphatic rings. The lowest BCUT2D eigenvalue weighted by Crippen LogP contribution is -2.31. The molecule has 32 heavy (non-hydrogen) atoms. The number of fused-ring (bicyclic) bond motifs is 2. The van der Waals surface area contributed by atoms with Crippen LogP contribution in [0.25, 0.3) is 21.9 Å². The zero-order valence-electron chi connectivity index (χ0n) is 17.9. The molecule has 7 nitrogen and oxygen atoms in total. The molecule has 3 heterocycles. The van der Waals surface area contributed by atoms with Gasteiger partial charge in [-0.25, -0.2) is 9.59 Å². The van der Waals surface area contributed by atoms with E-state index in [0.717, 1.165) is 0 Å². The molecule has 0 saturated carbocycles. The average molecular weight is 431 g/mol. The van der Waals surface area contributed by atoms with Crippen LogP contribution < -0.4 is 10.7 Å². The highest BCUT2D eigenvalue weighted by molar-refractivity contribution is 6.03. The molecule has 0 radical (unpaired) electrons. The Balaban J connectivity index is 1.81. The fourth-order valence-corrected chi connectivity index (χ4v) is 4.40. The number of benzene rings is 2. The van der Waals surface area contributed by atoms with E-state index < -0.39 is 17.9 Å². The molecule has 0 amide bonds. The summed E-state index contributed by atoms with van der Waals surface area (Å²) >= 11 is 0. The van der Waals surface area contributed by atoms with E-state index >= 15 is 0 Å². The van der Waals surface area contributed by atoms with E-state index in [2.05, 4.69) is 5.32 Å². The van der Waals surface area contributed by atoms with E-state index in [9.17, 15) is 14.4 Å². The van der Waals surface area contributed by atoms with Crippen LogP contribution in [0.15, 0.2) is 74.2 Å². The smallest absolute Gasteiger partial charge is 0.337 e. The van der Waals surface area contributed by atoms with Crippen LogP contribution in [0.4, 0.5) is 0 Å². The molecular formula is C25H21NO6. The molecule has 0 bridgehead atoms. The number of carbonyl (C=O) groups excluding carboxylic acids is 2. The largest absolute Gasteiger partial charge is 0.460 e. The molecule has 2 aliphatic heterocycles. The highest BCUT2D eigenvalue weighted by atomic mass is 16.5. The summed E-state index contributed by atoms with van der Waals surface area (Å²) in [5.41, 5.74) is 2.91. The van der Waals surface area contributed by atoms with Crippen LogP contribution in [0.5, 0.6) is 0 Å². The van der Waals surface area contributed by atoms with E-state index in [1.807, 2.05) is 0 Å². The van der Waals surface area contributed by atoms with E-state index in [-0.39, 0.29) is 18.1 Å². The summed E-state index contributed by atoms with van der Waals surface area (Å²) in [4.78, 5) is 39.0. The molecule has 162 valence electrons. The van der Waals surface area contributed by atoms with Crippen molar-refractivity contribution < 1.29 is 23.5 Å². The number of carbonyl (C=O) groups is 2. The minimum Gasteiger partial charge on any atom is -0.460 e. The lowest BCUT2D eigenvalue weighted by atomic mass is 9.80. The van der Waals surface area contributed by atoms with Crippen LogP contribution in [0.1, 0.15) is 32.3 Å². The maximum atomic E-state index is 13.2. The lowest BCUT2D eigenvalue weighted by Gasteiger charge is -2.28. The Hall–Kier alpha value is -3.87. The molecule has 1 N–H and O–H groups in total. The number of para-hydroxylation sites is 2. The van der Waals surface area contributed by atoms with Crippen LogP contribution in [0.3, 0.4) is 0 Å². The number of rotatable bonds is 3. The molecule has 0 saturated heterocycles. The second-order valence-corrected chi connectivity index (χ2v) is 8.17. The van der Waals surface area contributed by atoms with Gasteiger partial charge < -0.3 is 19.2 Å². The number of esters is 2. The molecule has 1 unspecified atom stereocenters. The van der Waals surface area contributed by atoms with Crippen molar-refractivity contribution in [3.8, 4) is 0 Å². The molecule has 5 rings (SSSR count). The fraction of sp³-hybridized carbons (Fsp3) is 0.240. The van der Waals surface area contributed by atoms with E-state index in [0.29, 0.717) is 50.0 Å². The third kappa shape index (κ3) is 3.00. The van der Waals surface area contributed by atoms with Crippen molar-refractivity contribution in [2.45, 2.75) is 32.8 Å². The summed E-state index contributed by atoms with van der Waals surface area (Å²) in [6.07, 6.45) is -0.344. The van der Waals surface area contributed by atoms with Crippen molar-refractivity contribution in [3.05, 3.63) is 80.8 Å². The minimum atomic E-state index is -0.791. The summed E-state index contributed by atoms with van der Waals surface area (Å²) in [6, 6.07) is 12.2. The van der Waals surface area contributed by atoms with Gasteiger partial charge in [0.2, 0.25) is 5.43 Å². The van der Waals surface area contributed by atoms with E-state index in [1.165, 1.54) is 0 Å². The number of nitrogens with one attached hydrogen (secondary N) is 1. The first-order valence-electron chi connectivity index (χ1n) is 10.4. The molecule has 1 aromatic heterocycles. The number of allylic oxidation sites excluding steroid dienone is 1. The van der Waals surface area contributed by atoms with Gasteiger partial charge in [-0.1, -0.05) is 24.3 Å². The second kappa shape index (κ2) is 7.37. The lowest BCUT2D eigenvalue weighted by molar-refractivity contribution is -0.143. The molecule has 2 aromatic carbocycles. The van der Waals surface area contributed by atoms with Gasteiger partial charge in [0.25, 0.3) is 0 Å². The Kier molecular flexibility index (Phi) is 4.62. The van der Waals surface area contributed by atoms with Gasteiger partial charge in [0.05, 0.1) is 39.6 Å². The van der Waals surface area contributed by atoms with Gasteiger partial charge in [0, 0.05) is 11.3 Å². The predicted octanol–water partition coefficient (Wildman–Crippen LogP) is 3.67. The van der Waals surface area contributed by atoms with Crippen LogP contribution >= 0.6 is 0 Å². The van der Waals surface area contributed by atoms with Gasteiger partial charge in [-0.15, -0.1) is 0 Å². The summed E-state index contributed by atoms with van der Waals surface area (Å²) in [5.74, 6) is -1.85. The normalized spacial score (nSPS) is 18.2. The number of hydrogen-bond acceptors (Lipinski definition) is 7. The molecular weight excluding hydrogens is 410 g/mol. The van der Waals surface area contributed by atoms with Crippen molar-refractivity contribution in [2.75, 3.05) is 6.61 Å². The summed E-state index contributed by atoms with van der Waals surface area (Å²) < 4.78 is 16.9. The van der Waals surface area contributed by atoms with Crippen molar-refractivity contribution in [2.24, 2.45) is 0 Å². The first-order valence-corrected chi connectivity index (χ1v) is 10.4. The monoisotopic (exact) mass is 431 g/mol. The highest BCUT2D eigenvalue weighted by Gasteiger charge is 2.43. The number of ether oxygens (including phenoxy) is 2. The Bertz CT molecular complexity index is 1430. The van der Waals surface area contributed by atoms with Crippen LogP contribution in [0, 0.1) is 0 Å². The summed E-state index contributed by atoms with van der Waals surface area (Å²) in [5, 5.41) is 3.97. The third-order valence-electron chi connectivity index (χ3n) is 5.72. The van der Waals surface area contributed by atoms with Crippen LogP contribution in [0.2, 0.25) is 0 Å². The van der Waals surface area contributed by atoms with E-state index in [4.69, 9.17) is 13.9 Å². The molecule has 0 aliphatic carbocycles. The molecule has 1 atom stereocenters. The predicted molar refractivity (Wildman–Crippen MR) is 118 cm³/mol. The molecule has 3 aromatic rings. The summed E-state index contributed by atoms with van der Waals surface area (Å²) in [6.45, 7) is 5.37. The Morgan fingerprint density at radius 1 is 1.09 bits per heavy atom. The average Bonchev–Trinajstić information content (AvgIpc) is 3.12. The summed E-state index contributed by atoms with van der Waals surface area (Å²) in [7, 11) is 0. The van der Waals surface area contributed by atoms with Gasteiger partial charge in [-0.3, -0.25) is 4.79 Å². The minimum absolute atomic E-state index is 0.0894. The fourth-order valence-electron chi connectivity index (χ4n) is 4.40. The van der Waals surface area contributed by atoms with Gasteiger partial charge in [0.15, 0.2) is 0 Å². The SMILES string of the molecule is CC1=C(C(=O)OC(C)C)C(c2cccc3c(=O)c4ccccc4oc23)C2=C(COC2=O)N1. The molecule has 0 spiro atoms. The zero-order valence-corrected chi connectivity index (χ0v) is 17.9. The second-order valence-electron chi connectivity index (χ2n) is 8.17. The maximum Gasteiger partial charge on any atom is 0.337 e. The zero-order chi connectivity index (χ0) is 22.6. The van der Waals surface area contributed by atoms with Crippen molar-refractivity contribution in [1.29, 1.82) is 0 Å². The Labute approximate surface area is 183 Å². The molecule has 0 fully saturated rings. The number of dihydropyridines is 1. The maximum absolute atomic E-state index is 13.2. The van der Waals surface area contributed by atoms with Gasteiger partial charge in [-0.2, -0.15) is 0 Å². The van der Waals surface area contributed by atoms with Crippen molar-refractivity contribution in [1.82, 2.24) is 5.32 Å². The van der Waals surface area contributed by atoms with Crippen LogP contribution in [-0.4, -0.2) is 24.6 Å². The van der Waals surface area contributed by atoms with Crippen molar-refractivity contribution in [3.63, 3.8) is 0 Å². The Morgan fingerprint density at radius 2 is 1.84 bits per heavy atom. The third-order valence-corrected chi connectivity index (χ3v) is 5.72. The molecule has 7 heteroatoms. The first kappa shape index (κ1) is 20.1. The standard InChI is InChI=1S/C25H21NO6/c1-12(2)31-25(29)19-13(3)26-17-11-30-24(28)21(17)20(19)15-8-6-9-16-22(27)14-7-4-5-10-18(14)32-23(15)16/h4-10,12,20,26H,11H2,1-3H3. The van der Waals surface area contributed by atoms with Gasteiger partial charge >= 0.3 is 11.9 Å². The number of hydrogen-bond donors (Lipinski definition) is 1. The van der Waals surface area contributed by atoms with Crippen LogP contribution in [-0.2, 0) is 19.1 Å². The highest BCUT2D eigenvalue weighted by Crippen LogP contribution is 2.43. The van der Waals surface area contributed by atoms with E-state index in [1.54, 1.807) is 63.2 Å². The quantitative estimate of drug-likeness (QED) is 0.499. The number of cyclic esters (lactones) is 1. The first-order chi connectivity index (χ1) is 15.4. The van der Waals surface area contributed by atoms with Gasteiger partial charge in [-0.05, 0) is 39.0 Å².